The second-order valence-electron chi connectivity index (χ2n) is 6.63. The molecule has 0 aliphatic carbocycles. The molecule has 0 saturated heterocycles. The maximum absolute atomic E-state index is 2.28. The summed E-state index contributed by atoms with van der Waals surface area (Å²) < 4.78 is 0. The second kappa shape index (κ2) is 14.1. The van der Waals surface area contributed by atoms with E-state index in [-0.39, 0.29) is 25.2 Å². The summed E-state index contributed by atoms with van der Waals surface area (Å²) >= 11 is 0. The van der Waals surface area contributed by atoms with Gasteiger partial charge in [-0.05, 0) is 62.8 Å². The van der Waals surface area contributed by atoms with Gasteiger partial charge in [-0.25, -0.2) is 0 Å². The first kappa shape index (κ1) is 27.2. The van der Waals surface area contributed by atoms with Crippen molar-refractivity contribution in [1.29, 1.82) is 0 Å². The van der Waals surface area contributed by atoms with Gasteiger partial charge in [0.15, 0.2) is 0 Å². The van der Waals surface area contributed by atoms with Crippen LogP contribution in [-0.2, 0) is 12.8 Å². The summed E-state index contributed by atoms with van der Waals surface area (Å²) in [6.45, 7) is 2.21. The van der Waals surface area contributed by atoms with Crippen LogP contribution >= 0.6 is 8.58 Å². The fourth-order valence-corrected chi connectivity index (χ4v) is 3.38. The lowest BCUT2D eigenvalue weighted by atomic mass is 10.1. The van der Waals surface area contributed by atoms with Gasteiger partial charge in [-0.1, -0.05) is 57.1 Å². The van der Waals surface area contributed by atoms with E-state index in [9.17, 15) is 0 Å². The minimum Gasteiger partial charge on any atom is -0.309 e. The van der Waals surface area contributed by atoms with Crippen LogP contribution in [0.5, 0.6) is 0 Å². The van der Waals surface area contributed by atoms with E-state index in [2.05, 4.69) is 86.5 Å². The topological polar surface area (TPSA) is 6.48 Å². The highest BCUT2D eigenvalue weighted by molar-refractivity contribution is 7.55. The third kappa shape index (κ3) is 10.2. The lowest BCUT2D eigenvalue weighted by Crippen LogP contribution is -2.15. The summed E-state index contributed by atoms with van der Waals surface area (Å²) in [6.07, 6.45) is 2.24. The zero-order chi connectivity index (χ0) is 16.7. The Morgan fingerprint density at radius 2 is 0.885 bits per heavy atom. The van der Waals surface area contributed by atoms with Crippen LogP contribution in [0, 0.1) is 0 Å². The predicted octanol–water partition coefficient (Wildman–Crippen LogP) is 1.38. The molecular weight excluding hydrogens is 332 g/mol. The summed E-state index contributed by atoms with van der Waals surface area (Å²) in [4.78, 5) is 4.46. The van der Waals surface area contributed by atoms with Crippen LogP contribution in [0.3, 0.4) is 0 Å². The lowest BCUT2D eigenvalue weighted by molar-refractivity contribution is 0.413. The Bertz CT molecular complexity index is 534. The van der Waals surface area contributed by atoms with Gasteiger partial charge in [0.05, 0.1) is 0 Å². The van der Waals surface area contributed by atoms with E-state index in [1.165, 1.54) is 21.7 Å². The Morgan fingerprint density at radius 1 is 0.577 bits per heavy atom. The van der Waals surface area contributed by atoms with Crippen molar-refractivity contribution in [3.05, 3.63) is 59.7 Å². The fourth-order valence-electron chi connectivity index (χ4n) is 2.38. The van der Waals surface area contributed by atoms with E-state index in [1.54, 1.807) is 0 Å². The van der Waals surface area contributed by atoms with Crippen LogP contribution in [0.2, 0.25) is 0 Å². The third-order valence-corrected chi connectivity index (χ3v) is 5.14. The third-order valence-electron chi connectivity index (χ3n) is 3.89. The van der Waals surface area contributed by atoms with E-state index in [1.807, 2.05) is 0 Å². The summed E-state index contributed by atoms with van der Waals surface area (Å²) in [5, 5.41) is 2.83. The van der Waals surface area contributed by atoms with Gasteiger partial charge < -0.3 is 9.80 Å². The Balaban J connectivity index is 0. The zero-order valence-corrected chi connectivity index (χ0v) is 17.6. The molecule has 0 spiro atoms. The van der Waals surface area contributed by atoms with Crippen molar-refractivity contribution in [3.63, 3.8) is 0 Å². The quantitative estimate of drug-likeness (QED) is 0.518. The molecular formula is C20H29B3N2P. The van der Waals surface area contributed by atoms with Gasteiger partial charge >= 0.3 is 0 Å². The minimum atomic E-state index is 0. The Hall–Kier alpha value is -1.02. The van der Waals surface area contributed by atoms with E-state index >= 15 is 0 Å². The molecule has 2 nitrogen and oxygen atoms in total. The second-order valence-corrected chi connectivity index (χ2v) is 8.03. The summed E-state index contributed by atoms with van der Waals surface area (Å²) in [5.74, 6) is 0. The van der Waals surface area contributed by atoms with E-state index < -0.39 is 0 Å². The van der Waals surface area contributed by atoms with Crippen molar-refractivity contribution in [2.45, 2.75) is 12.8 Å². The largest absolute Gasteiger partial charge is 0.309 e. The molecule has 0 saturated carbocycles. The van der Waals surface area contributed by atoms with Gasteiger partial charge in [0.1, 0.15) is 0 Å². The van der Waals surface area contributed by atoms with Crippen molar-refractivity contribution in [1.82, 2.24) is 9.80 Å². The van der Waals surface area contributed by atoms with Gasteiger partial charge in [0.2, 0.25) is 0 Å². The molecule has 133 valence electrons. The Morgan fingerprint density at radius 3 is 1.15 bits per heavy atom. The van der Waals surface area contributed by atoms with Crippen molar-refractivity contribution in [2.24, 2.45) is 0 Å². The number of hydrogen-bond acceptors (Lipinski definition) is 2. The SMILES string of the molecule is CN(C)CCc1ccc(Pc2ccc(CCN(C)C)cc2)cc1.[B].[B].[B]. The highest BCUT2D eigenvalue weighted by Crippen LogP contribution is 2.13. The van der Waals surface area contributed by atoms with E-state index in [0.717, 1.165) is 34.5 Å². The van der Waals surface area contributed by atoms with Crippen molar-refractivity contribution >= 4 is 44.4 Å². The first-order valence-corrected chi connectivity index (χ1v) is 9.27. The standard InChI is InChI=1S/C20H29N2P.3B/c1-21(2)15-13-17-5-9-19(10-6-17)23-20-11-7-18(8-12-20)14-16-22(3)4;;;/h5-12,23H,13-16H2,1-4H3;;;. The number of nitrogens with zero attached hydrogens (tertiary/aromatic N) is 2. The molecule has 0 fully saturated rings. The lowest BCUT2D eigenvalue weighted by Gasteiger charge is -2.10. The molecule has 0 heterocycles. The number of hydrogen-bond donors (Lipinski definition) is 0. The first-order chi connectivity index (χ1) is 11.0. The van der Waals surface area contributed by atoms with Crippen LogP contribution in [0.15, 0.2) is 48.5 Å². The average Bonchev–Trinajstić information content (AvgIpc) is 2.53. The molecule has 0 N–H and O–H groups in total. The molecule has 9 radical (unpaired) electrons. The highest BCUT2D eigenvalue weighted by atomic mass is 31.1. The van der Waals surface area contributed by atoms with Gasteiger partial charge in [0.25, 0.3) is 0 Å². The molecule has 26 heavy (non-hydrogen) atoms. The molecule has 0 aliphatic heterocycles. The highest BCUT2D eigenvalue weighted by Gasteiger charge is 2.00. The van der Waals surface area contributed by atoms with E-state index in [0.29, 0.717) is 0 Å². The molecule has 0 amide bonds. The number of rotatable bonds is 8. The van der Waals surface area contributed by atoms with Crippen molar-refractivity contribution < 1.29 is 0 Å². The van der Waals surface area contributed by atoms with Crippen molar-refractivity contribution in [2.75, 3.05) is 41.3 Å². The fraction of sp³-hybridized carbons (Fsp3) is 0.400. The van der Waals surface area contributed by atoms with Crippen LogP contribution in [-0.4, -0.2) is 76.3 Å². The van der Waals surface area contributed by atoms with E-state index in [4.69, 9.17) is 0 Å². The van der Waals surface area contributed by atoms with Crippen LogP contribution in [0.4, 0.5) is 0 Å². The van der Waals surface area contributed by atoms with Crippen LogP contribution < -0.4 is 10.6 Å². The molecule has 0 bridgehead atoms. The number of benzene rings is 2. The van der Waals surface area contributed by atoms with Gasteiger partial charge in [-0.2, -0.15) is 0 Å². The zero-order valence-electron chi connectivity index (χ0n) is 16.6. The van der Waals surface area contributed by atoms with Crippen molar-refractivity contribution in [3.8, 4) is 0 Å². The monoisotopic (exact) mass is 361 g/mol. The van der Waals surface area contributed by atoms with Gasteiger partial charge in [0, 0.05) is 38.3 Å². The molecule has 2 rings (SSSR count). The summed E-state index contributed by atoms with van der Waals surface area (Å²) in [7, 11) is 9.24. The molecule has 2 aromatic carbocycles. The first-order valence-electron chi connectivity index (χ1n) is 8.27. The number of likely N-dealkylation sites (N-methyl/N-ethyl adjacent to an activating group) is 2. The molecule has 6 heteroatoms. The van der Waals surface area contributed by atoms with Gasteiger partial charge in [-0.3, -0.25) is 0 Å². The Labute approximate surface area is 168 Å². The molecule has 0 aliphatic rings. The molecule has 0 unspecified atom stereocenters. The maximum Gasteiger partial charge on any atom is 0.00157 e. The van der Waals surface area contributed by atoms with Crippen LogP contribution in [0.25, 0.3) is 0 Å². The molecule has 0 aromatic heterocycles. The minimum absolute atomic E-state index is 0. The normalized spacial score (nSPS) is 10.1. The smallest absolute Gasteiger partial charge is 0.00157 e. The average molecular weight is 361 g/mol. The maximum atomic E-state index is 2.28. The molecule has 2 aromatic rings. The summed E-state index contributed by atoms with van der Waals surface area (Å²) in [6, 6.07) is 18.2. The van der Waals surface area contributed by atoms with Gasteiger partial charge in [-0.15, -0.1) is 0 Å². The Kier molecular flexibility index (Phi) is 14.7. The summed E-state index contributed by atoms with van der Waals surface area (Å²) in [5.41, 5.74) is 2.84. The van der Waals surface area contributed by atoms with Crippen LogP contribution in [0.1, 0.15) is 11.1 Å². The molecule has 0 atom stereocenters. The predicted molar refractivity (Wildman–Crippen MR) is 122 cm³/mol.